The van der Waals surface area contributed by atoms with E-state index in [1.54, 1.807) is 0 Å². The normalized spacial score (nSPS) is 22.7. The predicted molar refractivity (Wildman–Crippen MR) is 77.8 cm³/mol. The van der Waals surface area contributed by atoms with Crippen molar-refractivity contribution in [3.8, 4) is 0 Å². The van der Waals surface area contributed by atoms with E-state index in [9.17, 15) is 0 Å². The van der Waals surface area contributed by atoms with Crippen molar-refractivity contribution >= 4 is 5.96 Å². The number of nitrogens with two attached hydrogens (primary N) is 1. The van der Waals surface area contributed by atoms with E-state index in [1.807, 2.05) is 0 Å². The van der Waals surface area contributed by atoms with E-state index in [0.29, 0.717) is 31.3 Å². The molecule has 19 heavy (non-hydrogen) atoms. The molecule has 0 heterocycles. The molecule has 0 unspecified atom stereocenters. The first-order chi connectivity index (χ1) is 9.38. The molecule has 110 valence electrons. The summed E-state index contributed by atoms with van der Waals surface area (Å²) in [5.41, 5.74) is 2.66. The summed E-state index contributed by atoms with van der Waals surface area (Å²) in [4.78, 5) is 4.44. The summed E-state index contributed by atoms with van der Waals surface area (Å²) >= 11 is 0. The Hall–Kier alpha value is -0.810. The van der Waals surface area contributed by atoms with E-state index in [-0.39, 0.29) is 0 Å². The molecule has 0 radical (unpaired) electrons. The Labute approximate surface area is 116 Å². The molecule has 4 N–H and O–H groups in total. The van der Waals surface area contributed by atoms with Crippen molar-refractivity contribution in [1.29, 1.82) is 0 Å². The van der Waals surface area contributed by atoms with Gasteiger partial charge in [0.15, 0.2) is 0 Å². The van der Waals surface area contributed by atoms with E-state index in [0.717, 1.165) is 0 Å². The van der Waals surface area contributed by atoms with Gasteiger partial charge in [-0.1, -0.05) is 32.1 Å². The van der Waals surface area contributed by atoms with Gasteiger partial charge in [-0.25, -0.2) is 10.8 Å². The fraction of sp³-hybridized carbons (Fsp3) is 0.929. The van der Waals surface area contributed by atoms with Crippen LogP contribution >= 0.6 is 0 Å². The Morgan fingerprint density at radius 3 is 2.42 bits per heavy atom. The molecule has 2 aliphatic carbocycles. The van der Waals surface area contributed by atoms with Gasteiger partial charge in [0.05, 0.1) is 19.3 Å². The second-order valence-electron chi connectivity index (χ2n) is 5.63. The summed E-state index contributed by atoms with van der Waals surface area (Å²) in [6.45, 7) is 1.37. The third kappa shape index (κ3) is 5.37. The average molecular weight is 268 g/mol. The van der Waals surface area contributed by atoms with Crippen molar-refractivity contribution in [1.82, 2.24) is 10.7 Å². The molecule has 0 bridgehead atoms. The van der Waals surface area contributed by atoms with Crippen LogP contribution in [-0.4, -0.2) is 31.3 Å². The Morgan fingerprint density at radius 2 is 1.74 bits per heavy atom. The van der Waals surface area contributed by atoms with E-state index < -0.39 is 0 Å². The van der Waals surface area contributed by atoms with Crippen LogP contribution in [0.15, 0.2) is 4.99 Å². The monoisotopic (exact) mass is 268 g/mol. The molecule has 0 aromatic rings. The summed E-state index contributed by atoms with van der Waals surface area (Å²) in [6, 6.07) is 0.527. The Balaban J connectivity index is 1.62. The highest BCUT2D eigenvalue weighted by Gasteiger charge is 2.15. The maximum absolute atomic E-state index is 5.78. The molecule has 0 saturated heterocycles. The largest absolute Gasteiger partial charge is 0.376 e. The van der Waals surface area contributed by atoms with E-state index in [2.05, 4.69) is 15.7 Å². The van der Waals surface area contributed by atoms with Crippen LogP contribution in [0.1, 0.15) is 57.8 Å². The zero-order chi connectivity index (χ0) is 13.3. The lowest BCUT2D eigenvalue weighted by Crippen LogP contribution is -2.47. The molecule has 0 amide bonds. The molecule has 2 aliphatic rings. The van der Waals surface area contributed by atoms with Crippen LogP contribution in [-0.2, 0) is 4.74 Å². The number of guanidine groups is 1. The van der Waals surface area contributed by atoms with Crippen molar-refractivity contribution in [2.75, 3.05) is 13.2 Å². The van der Waals surface area contributed by atoms with E-state index >= 15 is 0 Å². The second kappa shape index (κ2) is 8.38. The van der Waals surface area contributed by atoms with Crippen LogP contribution in [0.5, 0.6) is 0 Å². The van der Waals surface area contributed by atoms with Gasteiger partial charge in [0.1, 0.15) is 0 Å². The zero-order valence-electron chi connectivity index (χ0n) is 11.9. The van der Waals surface area contributed by atoms with Gasteiger partial charge < -0.3 is 10.1 Å². The van der Waals surface area contributed by atoms with Crippen molar-refractivity contribution < 1.29 is 4.74 Å². The number of hydrazine groups is 1. The molecule has 2 saturated carbocycles. The predicted octanol–water partition coefficient (Wildman–Crippen LogP) is 1.69. The number of ether oxygens (including phenoxy) is 1. The molecule has 2 rings (SSSR count). The van der Waals surface area contributed by atoms with Crippen molar-refractivity contribution in [2.45, 2.75) is 69.9 Å². The summed E-state index contributed by atoms with van der Waals surface area (Å²) in [6.07, 6.45) is 11.9. The van der Waals surface area contributed by atoms with Gasteiger partial charge in [-0.3, -0.25) is 5.43 Å². The molecule has 2 fully saturated rings. The SMILES string of the molecule is NNC(=NCCOC1CCCC1)NC1CCCCC1. The summed E-state index contributed by atoms with van der Waals surface area (Å²) in [5.74, 6) is 6.22. The minimum Gasteiger partial charge on any atom is -0.376 e. The van der Waals surface area contributed by atoms with Gasteiger partial charge in [-0.05, 0) is 25.7 Å². The maximum atomic E-state index is 5.78. The molecule has 5 heteroatoms. The number of nitrogens with zero attached hydrogens (tertiary/aromatic N) is 1. The average Bonchev–Trinajstić information content (AvgIpc) is 2.96. The van der Waals surface area contributed by atoms with Crippen LogP contribution in [0.25, 0.3) is 0 Å². The molecule has 0 atom stereocenters. The first-order valence-corrected chi connectivity index (χ1v) is 7.77. The van der Waals surface area contributed by atoms with Crippen molar-refractivity contribution in [3.63, 3.8) is 0 Å². The number of hydrogen-bond donors (Lipinski definition) is 3. The molecule has 0 aromatic heterocycles. The van der Waals surface area contributed by atoms with Crippen LogP contribution < -0.4 is 16.6 Å². The highest BCUT2D eigenvalue weighted by atomic mass is 16.5. The number of aliphatic imine (C=N–C) groups is 1. The molecule has 5 nitrogen and oxygen atoms in total. The molecule has 0 aliphatic heterocycles. The Morgan fingerprint density at radius 1 is 1.05 bits per heavy atom. The fourth-order valence-electron chi connectivity index (χ4n) is 3.01. The fourth-order valence-corrected chi connectivity index (χ4v) is 3.01. The van der Waals surface area contributed by atoms with Crippen LogP contribution in [0.3, 0.4) is 0 Å². The van der Waals surface area contributed by atoms with Gasteiger partial charge in [0.2, 0.25) is 5.96 Å². The Bertz CT molecular complexity index is 271. The standard InChI is InChI=1S/C14H28N4O/c15-18-14(17-12-6-2-1-3-7-12)16-10-11-19-13-8-4-5-9-13/h12-13H,1-11,15H2,(H2,16,17,18). The highest BCUT2D eigenvalue weighted by Crippen LogP contribution is 2.20. The third-order valence-corrected chi connectivity index (χ3v) is 4.10. The molecular formula is C14H28N4O. The maximum Gasteiger partial charge on any atom is 0.206 e. The van der Waals surface area contributed by atoms with Crippen molar-refractivity contribution in [2.24, 2.45) is 10.8 Å². The third-order valence-electron chi connectivity index (χ3n) is 4.10. The smallest absolute Gasteiger partial charge is 0.206 e. The quantitative estimate of drug-likeness (QED) is 0.233. The zero-order valence-corrected chi connectivity index (χ0v) is 11.9. The lowest BCUT2D eigenvalue weighted by Gasteiger charge is -2.24. The van der Waals surface area contributed by atoms with Gasteiger partial charge in [0, 0.05) is 6.04 Å². The minimum absolute atomic E-state index is 0.468. The van der Waals surface area contributed by atoms with Crippen LogP contribution in [0.2, 0.25) is 0 Å². The van der Waals surface area contributed by atoms with Crippen LogP contribution in [0.4, 0.5) is 0 Å². The summed E-state index contributed by atoms with van der Waals surface area (Å²) < 4.78 is 5.78. The first kappa shape index (κ1) is 14.6. The topological polar surface area (TPSA) is 71.7 Å². The van der Waals surface area contributed by atoms with Gasteiger partial charge in [-0.15, -0.1) is 0 Å². The van der Waals surface area contributed by atoms with E-state index in [4.69, 9.17) is 10.6 Å². The lowest BCUT2D eigenvalue weighted by molar-refractivity contribution is 0.0643. The molecule has 0 spiro atoms. The summed E-state index contributed by atoms with van der Waals surface area (Å²) in [5, 5.41) is 3.39. The molecule has 0 aromatic carbocycles. The lowest BCUT2D eigenvalue weighted by atomic mass is 9.96. The number of hydrogen-bond acceptors (Lipinski definition) is 3. The minimum atomic E-state index is 0.468. The second-order valence-corrected chi connectivity index (χ2v) is 5.63. The number of rotatable bonds is 5. The van der Waals surface area contributed by atoms with Crippen molar-refractivity contribution in [3.05, 3.63) is 0 Å². The van der Waals surface area contributed by atoms with Gasteiger partial charge >= 0.3 is 0 Å². The highest BCUT2D eigenvalue weighted by molar-refractivity contribution is 5.79. The summed E-state index contributed by atoms with van der Waals surface area (Å²) in [7, 11) is 0. The van der Waals surface area contributed by atoms with E-state index in [1.165, 1.54) is 57.8 Å². The van der Waals surface area contributed by atoms with Gasteiger partial charge in [0.25, 0.3) is 0 Å². The number of nitrogens with one attached hydrogen (secondary N) is 2. The first-order valence-electron chi connectivity index (χ1n) is 7.77. The Kier molecular flexibility index (Phi) is 6.44. The van der Waals surface area contributed by atoms with Gasteiger partial charge in [-0.2, -0.15) is 0 Å². The molecular weight excluding hydrogens is 240 g/mol. The van der Waals surface area contributed by atoms with Crippen LogP contribution in [0, 0.1) is 0 Å².